The molecule has 0 aliphatic carbocycles. The first-order valence-corrected chi connectivity index (χ1v) is 9.26. The van der Waals surface area contributed by atoms with Gasteiger partial charge in [-0.15, -0.1) is 0 Å². The highest BCUT2D eigenvalue weighted by Crippen LogP contribution is 2.41. The normalized spacial score (nSPS) is 16.3. The summed E-state index contributed by atoms with van der Waals surface area (Å²) in [6.07, 6.45) is 10.5. The first-order valence-electron chi connectivity index (χ1n) is 9.26. The minimum Gasteiger partial charge on any atom is -0.300 e. The molecule has 2 heteroatoms. The first kappa shape index (κ1) is 22.1. The summed E-state index contributed by atoms with van der Waals surface area (Å²) in [5.41, 5.74) is 0.676. The van der Waals surface area contributed by atoms with Gasteiger partial charge in [0, 0.05) is 18.8 Å². The van der Waals surface area contributed by atoms with Gasteiger partial charge in [0.15, 0.2) is 0 Å². The van der Waals surface area contributed by atoms with Crippen molar-refractivity contribution in [2.75, 3.05) is 0 Å². The van der Waals surface area contributed by atoms with Crippen LogP contribution in [-0.2, 0) is 9.59 Å². The van der Waals surface area contributed by atoms with E-state index in [1.807, 2.05) is 6.92 Å². The third kappa shape index (κ3) is 9.07. The van der Waals surface area contributed by atoms with Crippen molar-refractivity contribution in [3.05, 3.63) is 12.2 Å². The molecule has 0 bridgehead atoms. The molecular weight excluding hydrogens is 284 g/mol. The summed E-state index contributed by atoms with van der Waals surface area (Å²) in [5.74, 6) is 0.169. The van der Waals surface area contributed by atoms with Crippen molar-refractivity contribution in [2.24, 2.45) is 16.7 Å². The minimum absolute atomic E-state index is 0.127. The molecule has 134 valence electrons. The number of carbonyl (C=O) groups excluding carboxylic acids is 2. The molecule has 0 radical (unpaired) electrons. The Morgan fingerprint density at radius 3 is 2.04 bits per heavy atom. The smallest absolute Gasteiger partial charge is 0.133 e. The Morgan fingerprint density at radius 1 is 1.00 bits per heavy atom. The van der Waals surface area contributed by atoms with Crippen LogP contribution in [0.5, 0.6) is 0 Å². The lowest BCUT2D eigenvalue weighted by atomic mass is 9.69. The van der Waals surface area contributed by atoms with Crippen LogP contribution >= 0.6 is 0 Å². The van der Waals surface area contributed by atoms with Gasteiger partial charge in [0.2, 0.25) is 0 Å². The van der Waals surface area contributed by atoms with Crippen LogP contribution in [0.25, 0.3) is 0 Å². The SMILES string of the molecule is CCC(=O)CC(CC=CCC(C)(CC)CC(C)(C)CC)C(C)=O. The van der Waals surface area contributed by atoms with Gasteiger partial charge in [-0.1, -0.05) is 66.5 Å². The van der Waals surface area contributed by atoms with Crippen molar-refractivity contribution in [3.63, 3.8) is 0 Å². The maximum atomic E-state index is 11.7. The van der Waals surface area contributed by atoms with Crippen LogP contribution < -0.4 is 0 Å². The van der Waals surface area contributed by atoms with Crippen molar-refractivity contribution in [1.82, 2.24) is 0 Å². The number of Topliss-reactive ketones (excluding diaryl/α,β-unsaturated/α-hetero) is 2. The van der Waals surface area contributed by atoms with Crippen LogP contribution in [0.2, 0.25) is 0 Å². The van der Waals surface area contributed by atoms with Crippen molar-refractivity contribution in [1.29, 1.82) is 0 Å². The quantitative estimate of drug-likeness (QED) is 0.404. The van der Waals surface area contributed by atoms with E-state index in [1.165, 1.54) is 12.8 Å². The Balaban J connectivity index is 4.63. The van der Waals surface area contributed by atoms with Gasteiger partial charge in [0.1, 0.15) is 11.6 Å². The predicted molar refractivity (Wildman–Crippen MR) is 99.5 cm³/mol. The van der Waals surface area contributed by atoms with E-state index in [2.05, 4.69) is 46.8 Å². The molecule has 2 nitrogen and oxygen atoms in total. The molecule has 0 aliphatic rings. The molecule has 0 heterocycles. The molecule has 2 unspecified atom stereocenters. The molecular formula is C21H38O2. The fourth-order valence-electron chi connectivity index (χ4n) is 3.06. The van der Waals surface area contributed by atoms with E-state index in [0.29, 0.717) is 30.1 Å². The van der Waals surface area contributed by atoms with Gasteiger partial charge in [-0.05, 0) is 37.0 Å². The molecule has 0 rings (SSSR count). The van der Waals surface area contributed by atoms with Crippen molar-refractivity contribution in [3.8, 4) is 0 Å². The predicted octanol–water partition coefficient (Wildman–Crippen LogP) is 6.14. The van der Waals surface area contributed by atoms with Crippen molar-refractivity contribution in [2.45, 2.75) is 93.4 Å². The van der Waals surface area contributed by atoms with E-state index >= 15 is 0 Å². The number of hydrogen-bond acceptors (Lipinski definition) is 2. The average Bonchev–Trinajstić information content (AvgIpc) is 2.49. The number of allylic oxidation sites excluding steroid dienone is 2. The maximum Gasteiger partial charge on any atom is 0.133 e. The van der Waals surface area contributed by atoms with Gasteiger partial charge >= 0.3 is 0 Å². The third-order valence-corrected chi connectivity index (χ3v) is 5.36. The minimum atomic E-state index is -0.140. The van der Waals surface area contributed by atoms with E-state index in [-0.39, 0.29) is 17.5 Å². The third-order valence-electron chi connectivity index (χ3n) is 5.36. The highest BCUT2D eigenvalue weighted by atomic mass is 16.1. The second-order valence-corrected chi connectivity index (χ2v) is 8.17. The van der Waals surface area contributed by atoms with E-state index in [4.69, 9.17) is 0 Å². The molecule has 0 aliphatic heterocycles. The molecule has 0 aromatic heterocycles. The zero-order valence-corrected chi connectivity index (χ0v) is 16.5. The van der Waals surface area contributed by atoms with Gasteiger partial charge < -0.3 is 0 Å². The van der Waals surface area contributed by atoms with E-state index in [9.17, 15) is 9.59 Å². The topological polar surface area (TPSA) is 34.1 Å². The van der Waals surface area contributed by atoms with Crippen molar-refractivity contribution >= 4 is 11.6 Å². The Labute approximate surface area is 144 Å². The van der Waals surface area contributed by atoms with Crippen LogP contribution in [-0.4, -0.2) is 11.6 Å². The fraction of sp³-hybridized carbons (Fsp3) is 0.810. The molecule has 0 amide bonds. The van der Waals surface area contributed by atoms with Crippen LogP contribution in [0.4, 0.5) is 0 Å². The molecule has 0 spiro atoms. The molecule has 0 aromatic carbocycles. The second-order valence-electron chi connectivity index (χ2n) is 8.17. The summed E-state index contributed by atoms with van der Waals surface area (Å²) in [7, 11) is 0. The zero-order valence-electron chi connectivity index (χ0n) is 16.5. The van der Waals surface area contributed by atoms with Crippen LogP contribution in [0.3, 0.4) is 0 Å². The molecule has 23 heavy (non-hydrogen) atoms. The lowest BCUT2D eigenvalue weighted by molar-refractivity contribution is -0.126. The first-order chi connectivity index (χ1) is 10.6. The Kier molecular flexibility index (Phi) is 9.65. The number of ketones is 2. The summed E-state index contributed by atoms with van der Waals surface area (Å²) < 4.78 is 0. The van der Waals surface area contributed by atoms with Gasteiger partial charge in [-0.25, -0.2) is 0 Å². The van der Waals surface area contributed by atoms with E-state index in [1.54, 1.807) is 6.92 Å². The summed E-state index contributed by atoms with van der Waals surface area (Å²) in [6.45, 7) is 15.0. The van der Waals surface area contributed by atoms with E-state index in [0.717, 1.165) is 12.8 Å². The van der Waals surface area contributed by atoms with Crippen LogP contribution in [0, 0.1) is 16.7 Å². The standard InChI is InChI=1S/C21H38O2/c1-8-19(23)15-18(17(4)22)13-11-12-14-21(7,10-3)16-20(5,6)9-2/h11-12,18H,8-10,13-16H2,1-7H3. The van der Waals surface area contributed by atoms with Gasteiger partial charge in [0.25, 0.3) is 0 Å². The zero-order chi connectivity index (χ0) is 18.1. The summed E-state index contributed by atoms with van der Waals surface area (Å²) >= 11 is 0. The molecule has 0 saturated heterocycles. The Bertz CT molecular complexity index is 406. The largest absolute Gasteiger partial charge is 0.300 e. The highest BCUT2D eigenvalue weighted by molar-refractivity contribution is 5.86. The lowest BCUT2D eigenvalue weighted by Gasteiger charge is -2.36. The van der Waals surface area contributed by atoms with Crippen LogP contribution in [0.15, 0.2) is 12.2 Å². The molecule has 0 N–H and O–H groups in total. The number of carbonyl (C=O) groups is 2. The summed E-state index contributed by atoms with van der Waals surface area (Å²) in [5, 5.41) is 0. The number of hydrogen-bond donors (Lipinski definition) is 0. The molecule has 0 fully saturated rings. The monoisotopic (exact) mass is 322 g/mol. The average molecular weight is 323 g/mol. The Hall–Kier alpha value is -0.920. The molecule has 2 atom stereocenters. The fourth-order valence-corrected chi connectivity index (χ4v) is 3.06. The molecule has 0 aromatic rings. The van der Waals surface area contributed by atoms with Gasteiger partial charge in [0.05, 0.1) is 0 Å². The second kappa shape index (κ2) is 10.1. The highest BCUT2D eigenvalue weighted by Gasteiger charge is 2.29. The van der Waals surface area contributed by atoms with E-state index < -0.39 is 0 Å². The number of rotatable bonds is 12. The summed E-state index contributed by atoms with van der Waals surface area (Å²) in [4.78, 5) is 23.3. The Morgan fingerprint density at radius 2 is 1.61 bits per heavy atom. The van der Waals surface area contributed by atoms with Gasteiger partial charge in [-0.3, -0.25) is 9.59 Å². The van der Waals surface area contributed by atoms with Gasteiger partial charge in [-0.2, -0.15) is 0 Å². The maximum absolute atomic E-state index is 11.7. The summed E-state index contributed by atoms with van der Waals surface area (Å²) in [6, 6.07) is 0. The molecule has 0 saturated carbocycles. The van der Waals surface area contributed by atoms with Crippen molar-refractivity contribution < 1.29 is 9.59 Å². The lowest BCUT2D eigenvalue weighted by Crippen LogP contribution is -2.24. The van der Waals surface area contributed by atoms with Crippen LogP contribution in [0.1, 0.15) is 93.4 Å².